The molecule has 1 spiro atoms. The maximum atomic E-state index is 11.3. The topological polar surface area (TPSA) is 89.0 Å². The summed E-state index contributed by atoms with van der Waals surface area (Å²) in [6.45, 7) is 3.35. The predicted molar refractivity (Wildman–Crippen MR) is 70.3 cm³/mol. The Bertz CT molecular complexity index is 605. The third-order valence-corrected chi connectivity index (χ3v) is 3.99. The van der Waals surface area contributed by atoms with Crippen molar-refractivity contribution in [3.8, 4) is 0 Å². The van der Waals surface area contributed by atoms with Gasteiger partial charge in [-0.05, 0) is 13.0 Å². The van der Waals surface area contributed by atoms with E-state index in [0.717, 1.165) is 5.56 Å². The van der Waals surface area contributed by atoms with E-state index in [9.17, 15) is 14.7 Å². The average molecular weight is 292 g/mol. The summed E-state index contributed by atoms with van der Waals surface area (Å²) in [5.41, 5.74) is 0.556. The second-order valence-electron chi connectivity index (χ2n) is 5.45. The van der Waals surface area contributed by atoms with Gasteiger partial charge in [-0.25, -0.2) is 4.79 Å². The minimum Gasteiger partial charge on any atom is -0.465 e. The summed E-state index contributed by atoms with van der Waals surface area (Å²) in [5.74, 6) is -0.463. The number of carbonyl (C=O) groups is 2. The van der Waals surface area contributed by atoms with Crippen LogP contribution in [0, 0.1) is 0 Å². The van der Waals surface area contributed by atoms with Gasteiger partial charge in [0.05, 0.1) is 6.54 Å². The predicted octanol–water partition coefficient (Wildman–Crippen LogP) is 1.64. The molecular weight excluding hydrogens is 276 g/mol. The molecule has 1 amide bonds. The summed E-state index contributed by atoms with van der Waals surface area (Å²) in [5, 5.41) is 9.26. The lowest BCUT2D eigenvalue weighted by atomic mass is 9.92. The molecule has 0 saturated carbocycles. The van der Waals surface area contributed by atoms with Crippen LogP contribution in [0.5, 0.6) is 0 Å². The highest BCUT2D eigenvalue weighted by atomic mass is 16.7. The smallest absolute Gasteiger partial charge is 0.407 e. The molecule has 1 N–H and O–H groups in total. The largest absolute Gasteiger partial charge is 0.465 e. The third-order valence-electron chi connectivity index (χ3n) is 3.99. The lowest BCUT2D eigenvalue weighted by Crippen LogP contribution is -2.35. The second-order valence-corrected chi connectivity index (χ2v) is 5.45. The zero-order valence-electron chi connectivity index (χ0n) is 11.8. The lowest BCUT2D eigenvalue weighted by molar-refractivity contribution is -0.202. The zero-order valence-corrected chi connectivity index (χ0v) is 11.8. The number of esters is 1. The number of rotatable bonds is 1. The number of ether oxygens (including phenoxy) is 2. The Morgan fingerprint density at radius 1 is 1.57 bits per heavy atom. The number of hydrogen-bond donors (Lipinski definition) is 1. The van der Waals surface area contributed by atoms with Gasteiger partial charge in [0.2, 0.25) is 6.29 Å². The summed E-state index contributed by atoms with van der Waals surface area (Å²) >= 11 is 0. The Hall–Kier alpha value is -2.15. The van der Waals surface area contributed by atoms with Gasteiger partial charge in [0.25, 0.3) is 0 Å². The van der Waals surface area contributed by atoms with E-state index >= 15 is 0 Å². The van der Waals surface area contributed by atoms with Gasteiger partial charge in [0, 0.05) is 31.1 Å². The van der Waals surface area contributed by atoms with Crippen molar-refractivity contribution in [1.82, 2.24) is 9.88 Å². The first-order valence-corrected chi connectivity index (χ1v) is 6.73. The third kappa shape index (κ3) is 2.13. The van der Waals surface area contributed by atoms with Gasteiger partial charge in [-0.3, -0.25) is 9.78 Å². The Morgan fingerprint density at radius 2 is 2.33 bits per heavy atom. The summed E-state index contributed by atoms with van der Waals surface area (Å²) in [4.78, 5) is 28.1. The van der Waals surface area contributed by atoms with Crippen molar-refractivity contribution in [3.63, 3.8) is 0 Å². The lowest BCUT2D eigenvalue weighted by Gasteiger charge is -2.24. The molecule has 0 bridgehead atoms. The van der Waals surface area contributed by atoms with Crippen LogP contribution >= 0.6 is 0 Å². The average Bonchev–Trinajstić information content (AvgIpc) is 2.89. The van der Waals surface area contributed by atoms with Crippen LogP contribution in [0.25, 0.3) is 0 Å². The Morgan fingerprint density at radius 3 is 2.95 bits per heavy atom. The van der Waals surface area contributed by atoms with E-state index < -0.39 is 24.0 Å². The molecule has 112 valence electrons. The van der Waals surface area contributed by atoms with Crippen molar-refractivity contribution in [2.45, 2.75) is 38.2 Å². The molecule has 21 heavy (non-hydrogen) atoms. The first kappa shape index (κ1) is 13.8. The van der Waals surface area contributed by atoms with Gasteiger partial charge in [0.1, 0.15) is 11.3 Å². The summed E-state index contributed by atoms with van der Waals surface area (Å²) in [6.07, 6.45) is 0.255. The van der Waals surface area contributed by atoms with E-state index in [1.807, 2.05) is 13.0 Å². The Kier molecular flexibility index (Phi) is 3.09. The number of carbonyl (C=O) groups excluding carboxylic acids is 1. The molecule has 1 saturated heterocycles. The van der Waals surface area contributed by atoms with Crippen LogP contribution in [0.15, 0.2) is 18.3 Å². The number of fused-ring (bicyclic) bond motifs is 2. The van der Waals surface area contributed by atoms with Crippen molar-refractivity contribution in [3.05, 3.63) is 29.6 Å². The monoisotopic (exact) mass is 292 g/mol. The SMILES string of the molecule is CC(=O)OC1OC2(C[C@H](C)N(C(=O)O)C2)c2cccnc21. The minimum atomic E-state index is -0.982. The number of carboxylic acid groups (broad SMARTS) is 1. The number of likely N-dealkylation sites (tertiary alicyclic amines) is 1. The van der Waals surface area contributed by atoms with Gasteiger partial charge in [-0.2, -0.15) is 0 Å². The van der Waals surface area contributed by atoms with Crippen molar-refractivity contribution >= 4 is 12.1 Å². The molecule has 0 aliphatic carbocycles. The van der Waals surface area contributed by atoms with E-state index in [1.165, 1.54) is 11.8 Å². The standard InChI is InChI=1S/C14H16N2O5/c1-8-6-14(7-16(8)13(18)19)10-4-3-5-15-11(10)12(21-14)20-9(2)17/h3-5,8,12H,6-7H2,1-2H3,(H,18,19)/t8-,12?,14?/m0/s1. The maximum absolute atomic E-state index is 11.3. The van der Waals surface area contributed by atoms with Crippen molar-refractivity contribution in [2.75, 3.05) is 6.54 Å². The molecule has 7 heteroatoms. The first-order valence-electron chi connectivity index (χ1n) is 6.73. The molecule has 0 radical (unpaired) electrons. The molecule has 2 unspecified atom stereocenters. The number of hydrogen-bond acceptors (Lipinski definition) is 5. The number of nitrogens with zero attached hydrogens (tertiary/aromatic N) is 2. The van der Waals surface area contributed by atoms with E-state index in [-0.39, 0.29) is 12.6 Å². The normalized spacial score (nSPS) is 30.5. The summed E-state index contributed by atoms with van der Waals surface area (Å²) < 4.78 is 11.1. The Balaban J connectivity index is 1.98. The van der Waals surface area contributed by atoms with Gasteiger partial charge in [-0.15, -0.1) is 0 Å². The fourth-order valence-electron chi connectivity index (χ4n) is 3.17. The number of pyridine rings is 1. The Labute approximate surface area is 121 Å². The summed E-state index contributed by atoms with van der Waals surface area (Å²) in [6, 6.07) is 3.45. The van der Waals surface area contributed by atoms with E-state index in [4.69, 9.17) is 9.47 Å². The van der Waals surface area contributed by atoms with E-state index in [1.54, 1.807) is 12.3 Å². The number of aromatic nitrogens is 1. The first-order chi connectivity index (χ1) is 9.93. The molecule has 2 aliphatic heterocycles. The zero-order chi connectivity index (χ0) is 15.2. The summed E-state index contributed by atoms with van der Waals surface area (Å²) in [7, 11) is 0. The van der Waals surface area contributed by atoms with Crippen LogP contribution in [-0.4, -0.2) is 39.6 Å². The van der Waals surface area contributed by atoms with Gasteiger partial charge in [-0.1, -0.05) is 6.07 Å². The van der Waals surface area contributed by atoms with E-state index in [2.05, 4.69) is 4.98 Å². The van der Waals surface area contributed by atoms with Crippen LogP contribution in [0.4, 0.5) is 4.79 Å². The fraction of sp³-hybridized carbons (Fsp3) is 0.500. The van der Waals surface area contributed by atoms with Gasteiger partial charge < -0.3 is 19.5 Å². The molecule has 0 aromatic carbocycles. The van der Waals surface area contributed by atoms with Crippen LogP contribution in [0.1, 0.15) is 37.8 Å². The molecule has 3 heterocycles. The molecular formula is C14H16N2O5. The van der Waals surface area contributed by atoms with Crippen molar-refractivity contribution < 1.29 is 24.2 Å². The quantitative estimate of drug-likeness (QED) is 0.791. The van der Waals surface area contributed by atoms with Gasteiger partial charge >= 0.3 is 12.1 Å². The second kappa shape index (κ2) is 4.70. The van der Waals surface area contributed by atoms with Crippen LogP contribution < -0.4 is 0 Å². The maximum Gasteiger partial charge on any atom is 0.407 e. The molecule has 1 aromatic rings. The minimum absolute atomic E-state index is 0.174. The highest BCUT2D eigenvalue weighted by molar-refractivity contribution is 5.67. The van der Waals surface area contributed by atoms with Crippen LogP contribution in [0.3, 0.4) is 0 Å². The molecule has 7 nitrogen and oxygen atoms in total. The fourth-order valence-corrected chi connectivity index (χ4v) is 3.17. The van der Waals surface area contributed by atoms with Gasteiger partial charge in [0.15, 0.2) is 0 Å². The molecule has 3 rings (SSSR count). The molecule has 3 atom stereocenters. The van der Waals surface area contributed by atoms with Crippen molar-refractivity contribution in [1.29, 1.82) is 0 Å². The molecule has 1 fully saturated rings. The van der Waals surface area contributed by atoms with Crippen LogP contribution in [-0.2, 0) is 19.9 Å². The number of amides is 1. The molecule has 2 aliphatic rings. The highest BCUT2D eigenvalue weighted by Crippen LogP contribution is 2.49. The van der Waals surface area contributed by atoms with Crippen molar-refractivity contribution in [2.24, 2.45) is 0 Å². The molecule has 1 aromatic heterocycles. The van der Waals surface area contributed by atoms with E-state index in [0.29, 0.717) is 12.1 Å². The highest BCUT2D eigenvalue weighted by Gasteiger charge is 2.54. The van der Waals surface area contributed by atoms with Crippen LogP contribution in [0.2, 0.25) is 0 Å².